The van der Waals surface area contributed by atoms with Crippen LogP contribution in [0.15, 0.2) is 4.42 Å². The van der Waals surface area contributed by atoms with Gasteiger partial charge >= 0.3 is 0 Å². The minimum absolute atomic E-state index is 0.202. The van der Waals surface area contributed by atoms with Gasteiger partial charge in [0.15, 0.2) is 0 Å². The minimum atomic E-state index is 0.202. The fraction of sp³-hybridized carbons (Fsp3) is 0.818. The van der Waals surface area contributed by atoms with E-state index in [4.69, 9.17) is 4.42 Å². The Balaban J connectivity index is 1.77. The van der Waals surface area contributed by atoms with Crippen LogP contribution in [-0.2, 0) is 5.41 Å². The number of hydrogen-bond acceptors (Lipinski definition) is 4. The van der Waals surface area contributed by atoms with Gasteiger partial charge in [0.2, 0.25) is 11.8 Å². The van der Waals surface area contributed by atoms with Crippen LogP contribution in [0.2, 0.25) is 0 Å². The van der Waals surface area contributed by atoms with E-state index in [1.54, 1.807) is 0 Å². The number of piperidine rings is 1. The molecule has 15 heavy (non-hydrogen) atoms. The molecular weight excluding hydrogens is 190 g/mol. The molecule has 0 amide bonds. The Morgan fingerprint density at radius 2 is 2.27 bits per heavy atom. The van der Waals surface area contributed by atoms with Gasteiger partial charge in [-0.2, -0.15) is 0 Å². The highest BCUT2D eigenvalue weighted by Crippen LogP contribution is 2.47. The molecule has 0 radical (unpaired) electrons. The fourth-order valence-electron chi connectivity index (χ4n) is 2.11. The number of aromatic nitrogens is 2. The molecule has 1 N–H and O–H groups in total. The van der Waals surface area contributed by atoms with E-state index in [-0.39, 0.29) is 5.41 Å². The summed E-state index contributed by atoms with van der Waals surface area (Å²) in [7, 11) is 0. The second-order valence-electron chi connectivity index (χ2n) is 5.05. The van der Waals surface area contributed by atoms with E-state index >= 15 is 0 Å². The Morgan fingerprint density at radius 1 is 1.40 bits per heavy atom. The maximum atomic E-state index is 5.79. The van der Waals surface area contributed by atoms with Gasteiger partial charge in [-0.05, 0) is 32.2 Å². The highest BCUT2D eigenvalue weighted by Gasteiger charge is 2.44. The van der Waals surface area contributed by atoms with Crippen molar-refractivity contribution in [3.8, 4) is 0 Å². The summed E-state index contributed by atoms with van der Waals surface area (Å²) in [5, 5.41) is 11.7. The summed E-state index contributed by atoms with van der Waals surface area (Å²) in [6.07, 6.45) is 4.76. The second-order valence-corrected chi connectivity index (χ2v) is 5.05. The van der Waals surface area contributed by atoms with Crippen LogP contribution in [0, 0.1) is 0 Å². The van der Waals surface area contributed by atoms with Crippen LogP contribution in [0.5, 0.6) is 0 Å². The third kappa shape index (κ3) is 1.67. The van der Waals surface area contributed by atoms with Crippen molar-refractivity contribution in [2.75, 3.05) is 13.1 Å². The van der Waals surface area contributed by atoms with Crippen molar-refractivity contribution in [2.45, 2.75) is 43.9 Å². The second kappa shape index (κ2) is 3.30. The number of hydrogen-bond donors (Lipinski definition) is 1. The molecule has 4 heteroatoms. The average molecular weight is 207 g/mol. The Kier molecular flexibility index (Phi) is 2.06. The molecule has 1 aliphatic heterocycles. The molecule has 2 heterocycles. The van der Waals surface area contributed by atoms with Crippen LogP contribution in [0.25, 0.3) is 0 Å². The molecule has 1 aliphatic carbocycles. The zero-order valence-corrected chi connectivity index (χ0v) is 9.12. The molecule has 1 saturated heterocycles. The summed E-state index contributed by atoms with van der Waals surface area (Å²) < 4.78 is 5.79. The van der Waals surface area contributed by atoms with E-state index in [0.29, 0.717) is 5.92 Å². The van der Waals surface area contributed by atoms with E-state index < -0.39 is 0 Å². The lowest BCUT2D eigenvalue weighted by Gasteiger charge is -2.19. The lowest BCUT2D eigenvalue weighted by Crippen LogP contribution is -2.28. The van der Waals surface area contributed by atoms with Gasteiger partial charge in [0.05, 0.1) is 0 Å². The minimum Gasteiger partial charge on any atom is -0.424 e. The smallest absolute Gasteiger partial charge is 0.222 e. The van der Waals surface area contributed by atoms with Gasteiger partial charge in [-0.15, -0.1) is 10.2 Å². The molecule has 3 rings (SSSR count). The molecule has 4 nitrogen and oxygen atoms in total. The first kappa shape index (κ1) is 9.33. The van der Waals surface area contributed by atoms with Gasteiger partial charge in [0.25, 0.3) is 0 Å². The molecule has 0 aromatic carbocycles. The maximum Gasteiger partial charge on any atom is 0.222 e. The molecule has 1 saturated carbocycles. The number of rotatable bonds is 2. The molecule has 1 unspecified atom stereocenters. The molecule has 1 aromatic heterocycles. The van der Waals surface area contributed by atoms with Crippen LogP contribution in [-0.4, -0.2) is 23.3 Å². The summed E-state index contributed by atoms with van der Waals surface area (Å²) in [4.78, 5) is 0. The largest absolute Gasteiger partial charge is 0.424 e. The summed E-state index contributed by atoms with van der Waals surface area (Å²) in [5.41, 5.74) is 0.202. The first-order chi connectivity index (χ1) is 7.28. The van der Waals surface area contributed by atoms with Crippen LogP contribution < -0.4 is 5.32 Å². The predicted molar refractivity (Wildman–Crippen MR) is 55.7 cm³/mol. The van der Waals surface area contributed by atoms with Crippen molar-refractivity contribution in [1.29, 1.82) is 0 Å². The SMILES string of the molecule is CC1(c2nnc(C3CCCNC3)o2)CC1. The fourth-order valence-corrected chi connectivity index (χ4v) is 2.11. The summed E-state index contributed by atoms with van der Waals surface area (Å²) >= 11 is 0. The van der Waals surface area contributed by atoms with E-state index in [0.717, 1.165) is 24.9 Å². The Bertz CT molecular complexity index is 350. The third-order valence-electron chi connectivity index (χ3n) is 3.60. The third-order valence-corrected chi connectivity index (χ3v) is 3.60. The maximum absolute atomic E-state index is 5.79. The van der Waals surface area contributed by atoms with Crippen LogP contribution >= 0.6 is 0 Å². The Labute approximate surface area is 89.5 Å². The molecule has 0 spiro atoms. The first-order valence-corrected chi connectivity index (χ1v) is 5.82. The topological polar surface area (TPSA) is 51.0 Å². The van der Waals surface area contributed by atoms with Gasteiger partial charge in [0, 0.05) is 17.9 Å². The van der Waals surface area contributed by atoms with Gasteiger partial charge < -0.3 is 9.73 Å². The highest BCUT2D eigenvalue weighted by atomic mass is 16.4. The van der Waals surface area contributed by atoms with Crippen molar-refractivity contribution < 1.29 is 4.42 Å². The average Bonchev–Trinajstić information content (AvgIpc) is 2.85. The van der Waals surface area contributed by atoms with Crippen molar-refractivity contribution in [1.82, 2.24) is 15.5 Å². The van der Waals surface area contributed by atoms with E-state index in [1.807, 2.05) is 0 Å². The molecule has 0 bridgehead atoms. The van der Waals surface area contributed by atoms with Gasteiger partial charge in [0.1, 0.15) is 0 Å². The van der Waals surface area contributed by atoms with Crippen molar-refractivity contribution in [3.05, 3.63) is 11.8 Å². The quantitative estimate of drug-likeness (QED) is 0.800. The van der Waals surface area contributed by atoms with Crippen molar-refractivity contribution in [3.63, 3.8) is 0 Å². The zero-order chi connectivity index (χ0) is 10.3. The molecule has 2 fully saturated rings. The standard InChI is InChI=1S/C11H17N3O/c1-11(4-5-11)10-14-13-9(15-10)8-3-2-6-12-7-8/h8,12H,2-7H2,1H3. The molecule has 1 atom stereocenters. The van der Waals surface area contributed by atoms with Gasteiger partial charge in [-0.3, -0.25) is 0 Å². The molecule has 2 aliphatic rings. The van der Waals surface area contributed by atoms with Crippen LogP contribution in [0.4, 0.5) is 0 Å². The van der Waals surface area contributed by atoms with Gasteiger partial charge in [-0.25, -0.2) is 0 Å². The molecule has 1 aromatic rings. The lowest BCUT2D eigenvalue weighted by atomic mass is 10.00. The van der Waals surface area contributed by atoms with Crippen LogP contribution in [0.1, 0.15) is 50.3 Å². The van der Waals surface area contributed by atoms with E-state index in [9.17, 15) is 0 Å². The summed E-state index contributed by atoms with van der Waals surface area (Å²) in [5.74, 6) is 2.12. The number of nitrogens with zero attached hydrogens (tertiary/aromatic N) is 2. The zero-order valence-electron chi connectivity index (χ0n) is 9.12. The van der Waals surface area contributed by atoms with Crippen molar-refractivity contribution in [2.24, 2.45) is 0 Å². The Hall–Kier alpha value is -0.900. The van der Waals surface area contributed by atoms with E-state index in [2.05, 4.69) is 22.4 Å². The van der Waals surface area contributed by atoms with E-state index in [1.165, 1.54) is 25.7 Å². The van der Waals surface area contributed by atoms with Crippen LogP contribution in [0.3, 0.4) is 0 Å². The number of nitrogens with one attached hydrogen (secondary N) is 1. The highest BCUT2D eigenvalue weighted by molar-refractivity contribution is 5.12. The van der Waals surface area contributed by atoms with Gasteiger partial charge in [-0.1, -0.05) is 6.92 Å². The Morgan fingerprint density at radius 3 is 2.93 bits per heavy atom. The lowest BCUT2D eigenvalue weighted by molar-refractivity contribution is 0.350. The summed E-state index contributed by atoms with van der Waals surface area (Å²) in [6.45, 7) is 4.30. The summed E-state index contributed by atoms with van der Waals surface area (Å²) in [6, 6.07) is 0. The van der Waals surface area contributed by atoms with Crippen molar-refractivity contribution >= 4 is 0 Å². The normalized spacial score (nSPS) is 29.0. The molecule has 82 valence electrons. The molecular formula is C11H17N3O. The monoisotopic (exact) mass is 207 g/mol. The predicted octanol–water partition coefficient (Wildman–Crippen LogP) is 1.59. The first-order valence-electron chi connectivity index (χ1n) is 5.82.